The third-order valence-electron chi connectivity index (χ3n) is 2.56. The molecule has 0 N–H and O–H groups in total. The number of carbonyl (C=O) groups is 1. The molecule has 16 heavy (non-hydrogen) atoms. The lowest BCUT2D eigenvalue weighted by molar-refractivity contribution is 0.0253. The number of rotatable bonds is 3. The highest BCUT2D eigenvalue weighted by molar-refractivity contribution is 6.30. The standard InChI is InChI=1S/C12H13ClO3/c13-10-1-2-12(9(7-10)8-14)16-11-3-5-15-6-4-11/h1-2,7-8,11H,3-6H2. The smallest absolute Gasteiger partial charge is 0.153 e. The van der Waals surface area contributed by atoms with Crippen LogP contribution in [0.2, 0.25) is 5.02 Å². The molecule has 4 heteroatoms. The molecule has 1 saturated heterocycles. The van der Waals surface area contributed by atoms with Crippen LogP contribution in [0.5, 0.6) is 5.75 Å². The van der Waals surface area contributed by atoms with Gasteiger partial charge in [-0.2, -0.15) is 0 Å². The monoisotopic (exact) mass is 240 g/mol. The summed E-state index contributed by atoms with van der Waals surface area (Å²) in [6.07, 6.45) is 2.62. The summed E-state index contributed by atoms with van der Waals surface area (Å²) in [7, 11) is 0. The van der Waals surface area contributed by atoms with E-state index in [9.17, 15) is 4.79 Å². The van der Waals surface area contributed by atoms with E-state index in [0.717, 1.165) is 19.1 Å². The SMILES string of the molecule is O=Cc1cc(Cl)ccc1OC1CCOCC1. The number of halogens is 1. The summed E-state index contributed by atoms with van der Waals surface area (Å²) < 4.78 is 11.0. The minimum atomic E-state index is 0.133. The van der Waals surface area contributed by atoms with Gasteiger partial charge in [0, 0.05) is 17.9 Å². The molecular weight excluding hydrogens is 228 g/mol. The van der Waals surface area contributed by atoms with Gasteiger partial charge in [0.05, 0.1) is 18.8 Å². The number of benzene rings is 1. The van der Waals surface area contributed by atoms with Gasteiger partial charge in [0.2, 0.25) is 0 Å². The zero-order valence-electron chi connectivity index (χ0n) is 8.82. The van der Waals surface area contributed by atoms with Gasteiger partial charge >= 0.3 is 0 Å². The van der Waals surface area contributed by atoms with Crippen LogP contribution in [-0.4, -0.2) is 25.6 Å². The van der Waals surface area contributed by atoms with Crippen LogP contribution < -0.4 is 4.74 Å². The molecule has 86 valence electrons. The Labute approximate surface area is 99.3 Å². The molecule has 1 aromatic rings. The lowest BCUT2D eigenvalue weighted by Gasteiger charge is -2.23. The molecule has 1 heterocycles. The Bertz CT molecular complexity index is 373. The van der Waals surface area contributed by atoms with Crippen molar-refractivity contribution < 1.29 is 14.3 Å². The van der Waals surface area contributed by atoms with Crippen LogP contribution in [0.4, 0.5) is 0 Å². The molecule has 0 radical (unpaired) electrons. The van der Waals surface area contributed by atoms with E-state index in [4.69, 9.17) is 21.1 Å². The molecule has 0 aromatic heterocycles. The van der Waals surface area contributed by atoms with Crippen LogP contribution >= 0.6 is 11.6 Å². The van der Waals surface area contributed by atoms with E-state index in [2.05, 4.69) is 0 Å². The normalized spacial score (nSPS) is 17.1. The van der Waals surface area contributed by atoms with Crippen molar-refractivity contribution in [3.05, 3.63) is 28.8 Å². The lowest BCUT2D eigenvalue weighted by Crippen LogP contribution is -2.26. The average Bonchev–Trinajstić information content (AvgIpc) is 2.33. The number of aldehydes is 1. The third-order valence-corrected chi connectivity index (χ3v) is 2.80. The van der Waals surface area contributed by atoms with E-state index < -0.39 is 0 Å². The maximum Gasteiger partial charge on any atom is 0.153 e. The van der Waals surface area contributed by atoms with Crippen LogP contribution in [-0.2, 0) is 4.74 Å². The van der Waals surface area contributed by atoms with Gasteiger partial charge in [0.1, 0.15) is 11.9 Å². The van der Waals surface area contributed by atoms with E-state index in [1.165, 1.54) is 0 Å². The zero-order valence-corrected chi connectivity index (χ0v) is 9.57. The summed E-state index contributed by atoms with van der Waals surface area (Å²) in [6, 6.07) is 5.08. The zero-order chi connectivity index (χ0) is 11.4. The molecule has 0 saturated carbocycles. The molecule has 1 fully saturated rings. The van der Waals surface area contributed by atoms with Gasteiger partial charge in [-0.25, -0.2) is 0 Å². The van der Waals surface area contributed by atoms with Gasteiger partial charge in [0.15, 0.2) is 6.29 Å². The second-order valence-electron chi connectivity index (χ2n) is 3.73. The molecule has 3 nitrogen and oxygen atoms in total. The Kier molecular flexibility index (Phi) is 3.80. The topological polar surface area (TPSA) is 35.5 Å². The number of hydrogen-bond donors (Lipinski definition) is 0. The van der Waals surface area contributed by atoms with Crippen molar-refractivity contribution in [3.8, 4) is 5.75 Å². The Morgan fingerprint density at radius 1 is 1.38 bits per heavy atom. The van der Waals surface area contributed by atoms with Crippen molar-refractivity contribution in [3.63, 3.8) is 0 Å². The quantitative estimate of drug-likeness (QED) is 0.762. The predicted molar refractivity (Wildman–Crippen MR) is 61.3 cm³/mol. The summed E-state index contributed by atoms with van der Waals surface area (Å²) in [5, 5.41) is 0.543. The molecular formula is C12H13ClO3. The molecule has 0 unspecified atom stereocenters. The van der Waals surface area contributed by atoms with Crippen molar-refractivity contribution in [2.45, 2.75) is 18.9 Å². The molecule has 0 atom stereocenters. The summed E-state index contributed by atoms with van der Waals surface area (Å²) in [4.78, 5) is 10.9. The van der Waals surface area contributed by atoms with Crippen molar-refractivity contribution in [2.75, 3.05) is 13.2 Å². The van der Waals surface area contributed by atoms with Crippen molar-refractivity contribution >= 4 is 17.9 Å². The molecule has 1 aromatic carbocycles. The number of hydrogen-bond acceptors (Lipinski definition) is 3. The summed E-state index contributed by atoms with van der Waals surface area (Å²) in [5.41, 5.74) is 0.499. The Hall–Kier alpha value is -1.06. The van der Waals surface area contributed by atoms with Crippen LogP contribution in [0.3, 0.4) is 0 Å². The average molecular weight is 241 g/mol. The fourth-order valence-electron chi connectivity index (χ4n) is 1.69. The maximum atomic E-state index is 10.9. The van der Waals surface area contributed by atoms with Gasteiger partial charge in [-0.15, -0.1) is 0 Å². The summed E-state index contributed by atoms with van der Waals surface area (Å²) >= 11 is 5.80. The molecule has 0 spiro atoms. The van der Waals surface area contributed by atoms with E-state index in [0.29, 0.717) is 29.5 Å². The second-order valence-corrected chi connectivity index (χ2v) is 4.17. The Balaban J connectivity index is 2.10. The van der Waals surface area contributed by atoms with Gasteiger partial charge in [-0.1, -0.05) is 11.6 Å². The van der Waals surface area contributed by atoms with Gasteiger partial charge < -0.3 is 9.47 Å². The summed E-state index contributed by atoms with van der Waals surface area (Å²) in [6.45, 7) is 1.43. The van der Waals surface area contributed by atoms with E-state index >= 15 is 0 Å². The van der Waals surface area contributed by atoms with Crippen LogP contribution in [0.15, 0.2) is 18.2 Å². The predicted octanol–water partition coefficient (Wildman–Crippen LogP) is 2.71. The van der Waals surface area contributed by atoms with Crippen LogP contribution in [0.1, 0.15) is 23.2 Å². The highest BCUT2D eigenvalue weighted by Gasteiger charge is 2.16. The second kappa shape index (κ2) is 5.32. The highest BCUT2D eigenvalue weighted by atomic mass is 35.5. The van der Waals surface area contributed by atoms with Gasteiger partial charge in [-0.3, -0.25) is 4.79 Å². The first kappa shape index (κ1) is 11.4. The van der Waals surface area contributed by atoms with Gasteiger partial charge in [0.25, 0.3) is 0 Å². The molecule has 0 amide bonds. The fraction of sp³-hybridized carbons (Fsp3) is 0.417. The van der Waals surface area contributed by atoms with Crippen LogP contribution in [0, 0.1) is 0 Å². The lowest BCUT2D eigenvalue weighted by atomic mass is 10.1. The molecule has 1 aliphatic heterocycles. The van der Waals surface area contributed by atoms with E-state index in [1.54, 1.807) is 18.2 Å². The number of carbonyl (C=O) groups excluding carboxylic acids is 1. The van der Waals surface area contributed by atoms with Crippen molar-refractivity contribution in [1.82, 2.24) is 0 Å². The molecule has 1 aliphatic rings. The summed E-state index contributed by atoms with van der Waals surface area (Å²) in [5.74, 6) is 0.603. The van der Waals surface area contributed by atoms with Crippen molar-refractivity contribution in [2.24, 2.45) is 0 Å². The fourth-order valence-corrected chi connectivity index (χ4v) is 1.87. The van der Waals surface area contributed by atoms with Crippen molar-refractivity contribution in [1.29, 1.82) is 0 Å². The Morgan fingerprint density at radius 2 is 2.12 bits per heavy atom. The minimum absolute atomic E-state index is 0.133. The first-order valence-corrected chi connectivity index (χ1v) is 5.66. The molecule has 2 rings (SSSR count). The van der Waals surface area contributed by atoms with Crippen LogP contribution in [0.25, 0.3) is 0 Å². The molecule has 0 bridgehead atoms. The largest absolute Gasteiger partial charge is 0.490 e. The maximum absolute atomic E-state index is 10.9. The van der Waals surface area contributed by atoms with Gasteiger partial charge in [-0.05, 0) is 18.2 Å². The third kappa shape index (κ3) is 2.74. The van der Waals surface area contributed by atoms with E-state index in [-0.39, 0.29) is 6.10 Å². The number of ether oxygens (including phenoxy) is 2. The van der Waals surface area contributed by atoms with E-state index in [1.807, 2.05) is 0 Å². The first-order valence-electron chi connectivity index (χ1n) is 5.29. The first-order chi connectivity index (χ1) is 7.79. The highest BCUT2D eigenvalue weighted by Crippen LogP contribution is 2.24. The Morgan fingerprint density at radius 3 is 2.81 bits per heavy atom. The minimum Gasteiger partial charge on any atom is -0.490 e. The molecule has 0 aliphatic carbocycles.